The highest BCUT2D eigenvalue weighted by molar-refractivity contribution is 9.10. The zero-order valence-electron chi connectivity index (χ0n) is 26.8. The molecule has 0 amide bonds. The molecule has 2 aromatic carbocycles. The minimum atomic E-state index is -0.797. The molecular weight excluding hydrogens is 750 g/mol. The van der Waals surface area contributed by atoms with Gasteiger partial charge in [0.05, 0.1) is 29.9 Å². The van der Waals surface area contributed by atoms with Gasteiger partial charge in [0, 0.05) is 60.8 Å². The molecule has 4 heterocycles. The number of hydrogen-bond acceptors (Lipinski definition) is 6. The van der Waals surface area contributed by atoms with Gasteiger partial charge in [0.25, 0.3) is 0 Å². The van der Waals surface area contributed by atoms with Crippen molar-refractivity contribution < 1.29 is 18.7 Å². The molecule has 48 heavy (non-hydrogen) atoms. The van der Waals surface area contributed by atoms with E-state index in [9.17, 15) is 18.7 Å². The molecule has 4 aromatic heterocycles. The first-order valence-electron chi connectivity index (χ1n) is 15.3. The Labute approximate surface area is 293 Å². The van der Waals surface area contributed by atoms with Crippen LogP contribution in [0.4, 0.5) is 8.78 Å². The molecule has 1 atom stereocenters. The predicted octanol–water partition coefficient (Wildman–Crippen LogP) is 7.42. The molecule has 0 bridgehead atoms. The van der Waals surface area contributed by atoms with Crippen LogP contribution < -0.4 is 0 Å². The molecule has 0 aliphatic rings. The van der Waals surface area contributed by atoms with Crippen LogP contribution in [0.15, 0.2) is 82.5 Å². The maximum atomic E-state index is 13.6. The molecular formula is C34H34Br2F2N8O2. The second-order valence-electron chi connectivity index (χ2n) is 11.1. The third-order valence-electron chi connectivity index (χ3n) is 7.53. The summed E-state index contributed by atoms with van der Waals surface area (Å²) in [6.07, 6.45) is 8.05. The number of aryl methyl sites for hydroxylation is 2. The Hall–Kier alpha value is -4.27. The highest BCUT2D eigenvalue weighted by Crippen LogP contribution is 2.27. The largest absolute Gasteiger partial charge is 0.389 e. The number of carbonyl (C=O) groups excluding carboxylic acids is 1. The van der Waals surface area contributed by atoms with Gasteiger partial charge in [-0.25, -0.2) is 18.1 Å². The third-order valence-corrected chi connectivity index (χ3v) is 8.31. The first kappa shape index (κ1) is 35.0. The van der Waals surface area contributed by atoms with Crippen LogP contribution in [-0.2, 0) is 25.9 Å². The average Bonchev–Trinajstić information content (AvgIpc) is 3.85. The summed E-state index contributed by atoms with van der Waals surface area (Å²) in [6.45, 7) is 8.70. The number of carbonyl (C=O) groups is 1. The number of ketones is 1. The average molecular weight is 785 g/mol. The van der Waals surface area contributed by atoms with Crippen molar-refractivity contribution in [3.8, 4) is 11.4 Å². The first-order chi connectivity index (χ1) is 22.9. The Morgan fingerprint density at radius 3 is 1.73 bits per heavy atom. The van der Waals surface area contributed by atoms with E-state index in [0.717, 1.165) is 35.6 Å². The molecule has 0 saturated carbocycles. The van der Waals surface area contributed by atoms with Crippen LogP contribution in [0.3, 0.4) is 0 Å². The lowest BCUT2D eigenvalue weighted by molar-refractivity contribution is 0.101. The van der Waals surface area contributed by atoms with Crippen molar-refractivity contribution in [1.29, 1.82) is 0 Å². The van der Waals surface area contributed by atoms with E-state index in [1.165, 1.54) is 31.2 Å². The minimum absolute atomic E-state index is 0.208. The van der Waals surface area contributed by atoms with Crippen molar-refractivity contribution in [2.45, 2.75) is 59.7 Å². The zero-order valence-corrected chi connectivity index (χ0v) is 30.0. The molecule has 0 spiro atoms. The number of halogens is 4. The Morgan fingerprint density at radius 1 is 0.792 bits per heavy atom. The summed E-state index contributed by atoms with van der Waals surface area (Å²) in [7, 11) is 0. The van der Waals surface area contributed by atoms with Crippen LogP contribution in [0.2, 0.25) is 0 Å². The van der Waals surface area contributed by atoms with Crippen LogP contribution in [0.5, 0.6) is 0 Å². The SMILES string of the molecule is CCn1cc(Cc2cc(Br)nn2-c2ccc(F)cc2C(C)=O)cn1.CCn1cc(Cc2cc(Br)nn2-c2ccc(F)cc2C(C)O)cn1. The fourth-order valence-corrected chi connectivity index (χ4v) is 6.08. The third kappa shape index (κ3) is 8.23. The van der Waals surface area contributed by atoms with E-state index in [4.69, 9.17) is 0 Å². The van der Waals surface area contributed by atoms with Crippen molar-refractivity contribution in [3.05, 3.63) is 128 Å². The van der Waals surface area contributed by atoms with E-state index in [-0.39, 0.29) is 11.6 Å². The number of aliphatic hydroxyl groups is 1. The van der Waals surface area contributed by atoms with Crippen molar-refractivity contribution in [3.63, 3.8) is 0 Å². The summed E-state index contributed by atoms with van der Waals surface area (Å²) in [5, 5.41) is 27.4. The number of hydrogen-bond donors (Lipinski definition) is 1. The fraction of sp³-hybridized carbons (Fsp3) is 0.265. The first-order valence-corrected chi connectivity index (χ1v) is 16.8. The van der Waals surface area contributed by atoms with Gasteiger partial charge >= 0.3 is 0 Å². The number of benzene rings is 2. The van der Waals surface area contributed by atoms with Gasteiger partial charge in [-0.3, -0.25) is 14.2 Å². The highest BCUT2D eigenvalue weighted by atomic mass is 79.9. The second-order valence-corrected chi connectivity index (χ2v) is 12.7. The van der Waals surface area contributed by atoms with Gasteiger partial charge in [-0.15, -0.1) is 0 Å². The minimum Gasteiger partial charge on any atom is -0.389 e. The van der Waals surface area contributed by atoms with Gasteiger partial charge in [-0.1, -0.05) is 0 Å². The molecule has 6 rings (SSSR count). The Balaban J connectivity index is 0.000000188. The lowest BCUT2D eigenvalue weighted by atomic mass is 10.1. The van der Waals surface area contributed by atoms with Crippen LogP contribution in [-0.4, -0.2) is 50.0 Å². The van der Waals surface area contributed by atoms with Gasteiger partial charge in [0.1, 0.15) is 20.8 Å². The number of aliphatic hydroxyl groups excluding tert-OH is 1. The monoisotopic (exact) mass is 782 g/mol. The maximum Gasteiger partial charge on any atom is 0.162 e. The number of aromatic nitrogens is 8. The van der Waals surface area contributed by atoms with E-state index in [1.54, 1.807) is 28.4 Å². The second kappa shape index (κ2) is 15.3. The predicted molar refractivity (Wildman–Crippen MR) is 184 cm³/mol. The Kier molecular flexibility index (Phi) is 11.2. The summed E-state index contributed by atoms with van der Waals surface area (Å²) in [4.78, 5) is 11.9. The summed E-state index contributed by atoms with van der Waals surface area (Å²) in [5.74, 6) is -1.03. The molecule has 0 saturated heterocycles. The summed E-state index contributed by atoms with van der Waals surface area (Å²) in [5.41, 5.74) is 5.93. The molecule has 14 heteroatoms. The summed E-state index contributed by atoms with van der Waals surface area (Å²) in [6, 6.07) is 12.3. The molecule has 6 aromatic rings. The van der Waals surface area contributed by atoms with Gasteiger partial charge in [-0.05, 0) is 119 Å². The van der Waals surface area contributed by atoms with Gasteiger partial charge in [0.15, 0.2) is 5.78 Å². The lowest BCUT2D eigenvalue weighted by Crippen LogP contribution is -2.09. The topological polar surface area (TPSA) is 109 Å². The number of Topliss-reactive ketones (excluding diaryl/α,β-unsaturated/α-hetero) is 1. The van der Waals surface area contributed by atoms with Crippen LogP contribution in [0.25, 0.3) is 11.4 Å². The molecule has 0 aliphatic carbocycles. The molecule has 0 fully saturated rings. The van der Waals surface area contributed by atoms with E-state index < -0.39 is 11.9 Å². The van der Waals surface area contributed by atoms with E-state index >= 15 is 0 Å². The Bertz CT molecular complexity index is 2050. The van der Waals surface area contributed by atoms with Gasteiger partial charge in [-0.2, -0.15) is 20.4 Å². The molecule has 0 radical (unpaired) electrons. The Morgan fingerprint density at radius 2 is 1.27 bits per heavy atom. The lowest BCUT2D eigenvalue weighted by Gasteiger charge is -2.14. The number of rotatable bonds is 10. The van der Waals surface area contributed by atoms with Gasteiger partial charge in [0.2, 0.25) is 0 Å². The maximum absolute atomic E-state index is 13.6. The molecule has 1 unspecified atom stereocenters. The van der Waals surface area contributed by atoms with Crippen molar-refractivity contribution >= 4 is 37.6 Å². The van der Waals surface area contributed by atoms with Gasteiger partial charge < -0.3 is 5.11 Å². The van der Waals surface area contributed by atoms with Crippen molar-refractivity contribution in [2.75, 3.05) is 0 Å². The van der Waals surface area contributed by atoms with Crippen LogP contribution in [0.1, 0.15) is 72.2 Å². The summed E-state index contributed by atoms with van der Waals surface area (Å²) < 4.78 is 35.5. The quantitative estimate of drug-likeness (QED) is 0.145. The van der Waals surface area contributed by atoms with Crippen molar-refractivity contribution in [1.82, 2.24) is 39.1 Å². The van der Waals surface area contributed by atoms with Crippen LogP contribution >= 0.6 is 31.9 Å². The van der Waals surface area contributed by atoms with E-state index in [0.29, 0.717) is 44.5 Å². The molecule has 250 valence electrons. The van der Waals surface area contributed by atoms with Crippen molar-refractivity contribution in [2.24, 2.45) is 0 Å². The van der Waals surface area contributed by atoms with E-state index in [2.05, 4.69) is 52.3 Å². The van der Waals surface area contributed by atoms with E-state index in [1.807, 2.05) is 60.1 Å². The highest BCUT2D eigenvalue weighted by Gasteiger charge is 2.18. The molecule has 1 N–H and O–H groups in total. The standard InChI is InChI=1S/C17H18BrFN4O.C17H16BrFN4O/c2*1-3-22-10-12(9-20-22)6-14-8-17(18)21-23(14)16-5-4-13(19)7-15(16)11(2)24/h4-5,7-11,24H,3,6H2,1-2H3;4-5,7-10H,3,6H2,1-2H3. The summed E-state index contributed by atoms with van der Waals surface area (Å²) >= 11 is 6.78. The normalized spacial score (nSPS) is 11.8. The van der Waals surface area contributed by atoms with Crippen LogP contribution in [0, 0.1) is 11.6 Å². The molecule has 10 nitrogen and oxygen atoms in total. The smallest absolute Gasteiger partial charge is 0.162 e. The molecule has 0 aliphatic heterocycles. The zero-order chi connectivity index (χ0) is 34.5. The fourth-order valence-electron chi connectivity index (χ4n) is 5.23. The number of nitrogens with zero attached hydrogens (tertiary/aromatic N) is 8.